The molecule has 2 aromatic heterocycles. The van der Waals surface area contributed by atoms with Crippen molar-refractivity contribution >= 4 is 34.3 Å². The first-order valence-electron chi connectivity index (χ1n) is 9.34. The van der Waals surface area contributed by atoms with Crippen LogP contribution in [0.4, 0.5) is 11.8 Å². The van der Waals surface area contributed by atoms with Crippen molar-refractivity contribution in [2.75, 3.05) is 49.2 Å². The number of rotatable bonds is 2. The zero-order chi connectivity index (χ0) is 19.2. The van der Waals surface area contributed by atoms with Gasteiger partial charge in [-0.25, -0.2) is 9.97 Å². The number of ether oxygens (including phenoxy) is 2. The summed E-state index contributed by atoms with van der Waals surface area (Å²) in [4.78, 5) is 18.4. The van der Waals surface area contributed by atoms with Crippen molar-refractivity contribution in [2.24, 2.45) is 0 Å². The molecule has 0 bridgehead atoms. The molecule has 0 spiro atoms. The van der Waals surface area contributed by atoms with Gasteiger partial charge in [-0.3, -0.25) is 0 Å². The van der Waals surface area contributed by atoms with E-state index in [4.69, 9.17) is 31.0 Å². The van der Waals surface area contributed by atoms with E-state index < -0.39 is 0 Å². The van der Waals surface area contributed by atoms with Crippen molar-refractivity contribution in [1.29, 1.82) is 0 Å². The van der Waals surface area contributed by atoms with Gasteiger partial charge in [0.2, 0.25) is 5.95 Å². The van der Waals surface area contributed by atoms with E-state index in [1.807, 2.05) is 6.07 Å². The standard InChI is InChI=1S/C19H26ClN5O2/c1-18(2)11-24(5-7-26-18)16-13-9-15(20)21-10-14(13)22-17(23-16)25-6-8-27-19(3,4)12-25/h9-10H,5-8,11-12H2,1-4H3. The molecule has 0 aromatic carbocycles. The summed E-state index contributed by atoms with van der Waals surface area (Å²) in [5, 5.41) is 1.36. The number of fused-ring (bicyclic) bond motifs is 1. The van der Waals surface area contributed by atoms with Crippen LogP contribution in [0, 0.1) is 0 Å². The zero-order valence-electron chi connectivity index (χ0n) is 16.3. The molecule has 0 N–H and O–H groups in total. The summed E-state index contributed by atoms with van der Waals surface area (Å²) in [6.07, 6.45) is 1.73. The minimum Gasteiger partial charge on any atom is -0.372 e. The highest BCUT2D eigenvalue weighted by atomic mass is 35.5. The molecule has 2 saturated heterocycles. The summed E-state index contributed by atoms with van der Waals surface area (Å²) in [6.45, 7) is 12.8. The average Bonchev–Trinajstić information content (AvgIpc) is 2.59. The number of pyridine rings is 1. The molecular weight excluding hydrogens is 366 g/mol. The topological polar surface area (TPSA) is 63.6 Å². The fourth-order valence-electron chi connectivity index (χ4n) is 3.75. The highest BCUT2D eigenvalue weighted by molar-refractivity contribution is 6.30. The molecule has 146 valence electrons. The largest absolute Gasteiger partial charge is 0.372 e. The molecule has 4 rings (SSSR count). The van der Waals surface area contributed by atoms with Gasteiger partial charge in [-0.05, 0) is 33.8 Å². The Morgan fingerprint density at radius 2 is 1.59 bits per heavy atom. The van der Waals surface area contributed by atoms with E-state index in [2.05, 4.69) is 42.5 Å². The molecular formula is C19H26ClN5O2. The number of hydrogen-bond donors (Lipinski definition) is 0. The molecule has 27 heavy (non-hydrogen) atoms. The summed E-state index contributed by atoms with van der Waals surface area (Å²) in [7, 11) is 0. The van der Waals surface area contributed by atoms with E-state index in [1.54, 1.807) is 6.20 Å². The summed E-state index contributed by atoms with van der Waals surface area (Å²) < 4.78 is 11.7. The smallest absolute Gasteiger partial charge is 0.228 e. The Hall–Kier alpha value is -1.70. The SMILES string of the molecule is CC1(C)CN(c2nc(N3CCOC(C)(C)C3)c3cc(Cl)ncc3n2)CCO1. The predicted octanol–water partition coefficient (Wildman–Crippen LogP) is 2.91. The maximum absolute atomic E-state index is 6.17. The minimum absolute atomic E-state index is 0.226. The van der Waals surface area contributed by atoms with Gasteiger partial charge in [0.05, 0.1) is 36.1 Å². The quantitative estimate of drug-likeness (QED) is 0.729. The molecule has 0 aliphatic carbocycles. The monoisotopic (exact) mass is 391 g/mol. The van der Waals surface area contributed by atoms with E-state index in [0.717, 1.165) is 42.9 Å². The van der Waals surface area contributed by atoms with Crippen LogP contribution in [0.1, 0.15) is 27.7 Å². The summed E-state index contributed by atoms with van der Waals surface area (Å²) in [5.41, 5.74) is 0.344. The van der Waals surface area contributed by atoms with Crippen LogP contribution >= 0.6 is 11.6 Å². The third-order valence-electron chi connectivity index (χ3n) is 4.95. The van der Waals surface area contributed by atoms with E-state index in [-0.39, 0.29) is 11.2 Å². The van der Waals surface area contributed by atoms with Crippen LogP contribution in [0.3, 0.4) is 0 Å². The first-order valence-corrected chi connectivity index (χ1v) is 9.71. The van der Waals surface area contributed by atoms with Crippen LogP contribution < -0.4 is 9.80 Å². The summed E-state index contributed by atoms with van der Waals surface area (Å²) in [5.74, 6) is 1.60. The molecule has 8 heteroatoms. The molecule has 4 heterocycles. The lowest BCUT2D eigenvalue weighted by Crippen LogP contribution is -2.50. The van der Waals surface area contributed by atoms with Crippen LogP contribution in [0.2, 0.25) is 5.15 Å². The van der Waals surface area contributed by atoms with Gasteiger partial charge in [-0.1, -0.05) is 11.6 Å². The Labute approximate surface area is 164 Å². The average molecular weight is 392 g/mol. The van der Waals surface area contributed by atoms with Crippen molar-refractivity contribution < 1.29 is 9.47 Å². The second kappa shape index (κ2) is 6.72. The summed E-state index contributed by atoms with van der Waals surface area (Å²) >= 11 is 6.17. The normalized spacial score (nSPS) is 22.3. The second-order valence-electron chi connectivity index (χ2n) is 8.43. The number of anilines is 2. The first-order chi connectivity index (χ1) is 12.7. The Morgan fingerprint density at radius 1 is 0.963 bits per heavy atom. The maximum atomic E-state index is 6.17. The molecule has 2 fully saturated rings. The molecule has 0 amide bonds. The van der Waals surface area contributed by atoms with E-state index in [1.165, 1.54) is 0 Å². The molecule has 2 aromatic rings. The van der Waals surface area contributed by atoms with Gasteiger partial charge < -0.3 is 19.3 Å². The number of morpholine rings is 2. The predicted molar refractivity (Wildman–Crippen MR) is 107 cm³/mol. The van der Waals surface area contributed by atoms with Crippen LogP contribution in [0.15, 0.2) is 12.3 Å². The molecule has 2 aliphatic rings. The Balaban J connectivity index is 1.79. The zero-order valence-corrected chi connectivity index (χ0v) is 17.1. The molecule has 2 aliphatic heterocycles. The molecule has 0 saturated carbocycles. The lowest BCUT2D eigenvalue weighted by atomic mass is 10.1. The lowest BCUT2D eigenvalue weighted by molar-refractivity contribution is -0.0283. The Kier molecular flexibility index (Phi) is 4.64. The minimum atomic E-state index is -0.229. The van der Waals surface area contributed by atoms with Crippen LogP contribution in [0.25, 0.3) is 10.9 Å². The maximum Gasteiger partial charge on any atom is 0.228 e. The van der Waals surface area contributed by atoms with Gasteiger partial charge in [-0.15, -0.1) is 0 Å². The van der Waals surface area contributed by atoms with Gasteiger partial charge in [0.15, 0.2) is 0 Å². The van der Waals surface area contributed by atoms with Crippen molar-refractivity contribution in [3.05, 3.63) is 17.4 Å². The van der Waals surface area contributed by atoms with Gasteiger partial charge in [0.25, 0.3) is 0 Å². The van der Waals surface area contributed by atoms with E-state index >= 15 is 0 Å². The molecule has 0 unspecified atom stereocenters. The third kappa shape index (κ3) is 3.95. The molecule has 0 atom stereocenters. The van der Waals surface area contributed by atoms with Gasteiger partial charge in [-0.2, -0.15) is 4.98 Å². The van der Waals surface area contributed by atoms with Crippen molar-refractivity contribution in [3.8, 4) is 0 Å². The number of aromatic nitrogens is 3. The Morgan fingerprint density at radius 3 is 2.26 bits per heavy atom. The fraction of sp³-hybridized carbons (Fsp3) is 0.632. The van der Waals surface area contributed by atoms with Crippen LogP contribution in [0.5, 0.6) is 0 Å². The summed E-state index contributed by atoms with van der Waals surface area (Å²) in [6, 6.07) is 1.85. The van der Waals surface area contributed by atoms with Crippen LogP contribution in [-0.2, 0) is 9.47 Å². The van der Waals surface area contributed by atoms with Crippen molar-refractivity contribution in [3.63, 3.8) is 0 Å². The van der Waals surface area contributed by atoms with Crippen LogP contribution in [-0.4, -0.2) is 65.5 Å². The fourth-order valence-corrected chi connectivity index (χ4v) is 3.90. The van der Waals surface area contributed by atoms with E-state index in [9.17, 15) is 0 Å². The highest BCUT2D eigenvalue weighted by Crippen LogP contribution is 2.32. The molecule has 0 radical (unpaired) electrons. The number of halogens is 1. The highest BCUT2D eigenvalue weighted by Gasteiger charge is 2.32. The molecule has 7 nitrogen and oxygen atoms in total. The van der Waals surface area contributed by atoms with Gasteiger partial charge in [0, 0.05) is 31.6 Å². The Bertz CT molecular complexity index is 857. The second-order valence-corrected chi connectivity index (χ2v) is 8.82. The lowest BCUT2D eigenvalue weighted by Gasteiger charge is -2.40. The third-order valence-corrected chi connectivity index (χ3v) is 5.16. The number of hydrogen-bond acceptors (Lipinski definition) is 7. The number of nitrogens with zero attached hydrogens (tertiary/aromatic N) is 5. The van der Waals surface area contributed by atoms with Crippen molar-refractivity contribution in [1.82, 2.24) is 15.0 Å². The van der Waals surface area contributed by atoms with Crippen molar-refractivity contribution in [2.45, 2.75) is 38.9 Å². The van der Waals surface area contributed by atoms with Gasteiger partial charge in [0.1, 0.15) is 11.0 Å². The van der Waals surface area contributed by atoms with E-state index in [0.29, 0.717) is 24.3 Å². The first kappa shape index (κ1) is 18.7. The van der Waals surface area contributed by atoms with Gasteiger partial charge >= 0.3 is 0 Å².